The van der Waals surface area contributed by atoms with Crippen LogP contribution in [0.3, 0.4) is 0 Å². The summed E-state index contributed by atoms with van der Waals surface area (Å²) in [6.07, 6.45) is 6.76. The summed E-state index contributed by atoms with van der Waals surface area (Å²) >= 11 is -1.13. The highest BCUT2D eigenvalue weighted by atomic mass is 32.2. The average molecular weight is 294 g/mol. The van der Waals surface area contributed by atoms with Crippen molar-refractivity contribution in [2.45, 2.75) is 23.8 Å². The largest absolute Gasteiger partial charge is 0.612 e. The third-order valence-electron chi connectivity index (χ3n) is 3.10. The fourth-order valence-electron chi connectivity index (χ4n) is 2.09. The zero-order chi connectivity index (χ0) is 14.5. The molecule has 0 saturated carbocycles. The first-order valence-corrected chi connectivity index (χ1v) is 7.90. The van der Waals surface area contributed by atoms with Crippen molar-refractivity contribution in [2.24, 2.45) is 0 Å². The van der Waals surface area contributed by atoms with Gasteiger partial charge in [0.05, 0.1) is 7.11 Å². The van der Waals surface area contributed by atoms with Gasteiger partial charge in [-0.05, 0) is 29.7 Å². The maximum absolute atomic E-state index is 11.9. The summed E-state index contributed by atoms with van der Waals surface area (Å²) in [7, 11) is 1.57. The second-order valence-corrected chi connectivity index (χ2v) is 5.85. The zero-order valence-electron chi connectivity index (χ0n) is 11.5. The molecule has 108 valence electrons. The normalized spacial score (nSPS) is 20.8. The Morgan fingerprint density at radius 1 is 1.50 bits per heavy atom. The molecule has 6 heteroatoms. The highest BCUT2D eigenvalue weighted by Crippen LogP contribution is 2.28. The predicted octanol–water partition coefficient (Wildman–Crippen LogP) is 1.23. The number of carbonyl (C=O) groups is 1. The van der Waals surface area contributed by atoms with E-state index >= 15 is 0 Å². The first-order chi connectivity index (χ1) is 9.61. The van der Waals surface area contributed by atoms with E-state index in [9.17, 15) is 9.35 Å². The minimum Gasteiger partial charge on any atom is -0.612 e. The molecule has 0 aliphatic carbocycles. The van der Waals surface area contributed by atoms with Crippen molar-refractivity contribution in [3.63, 3.8) is 0 Å². The minimum atomic E-state index is -1.13. The van der Waals surface area contributed by atoms with Gasteiger partial charge in [-0.1, -0.05) is 18.2 Å². The molecule has 2 rings (SSSR count). The van der Waals surface area contributed by atoms with E-state index in [-0.39, 0.29) is 11.9 Å². The van der Waals surface area contributed by atoms with E-state index in [1.54, 1.807) is 19.4 Å². The van der Waals surface area contributed by atoms with Crippen LogP contribution in [0.5, 0.6) is 5.75 Å². The van der Waals surface area contributed by atoms with E-state index in [0.717, 1.165) is 12.0 Å². The predicted molar refractivity (Wildman–Crippen MR) is 78.7 cm³/mol. The summed E-state index contributed by atoms with van der Waals surface area (Å²) in [5, 5.41) is 0. The topological polar surface area (TPSA) is 73.4 Å². The van der Waals surface area contributed by atoms with Crippen LogP contribution in [0.15, 0.2) is 29.2 Å². The number of rotatable bonds is 4. The first kappa shape index (κ1) is 14.9. The van der Waals surface area contributed by atoms with Crippen molar-refractivity contribution < 1.29 is 14.1 Å². The number of carbonyl (C=O) groups excluding carboxylic acids is 1. The number of benzene rings is 1. The van der Waals surface area contributed by atoms with Crippen LogP contribution in [0.2, 0.25) is 0 Å². The Kier molecular flexibility index (Phi) is 5.05. The quantitative estimate of drug-likeness (QED) is 0.819. The fourth-order valence-corrected chi connectivity index (χ4v) is 2.99. The molecule has 2 atom stereocenters. The maximum atomic E-state index is 11.9. The number of ether oxygens (including phenoxy) is 1. The summed E-state index contributed by atoms with van der Waals surface area (Å²) in [6, 6.07) is 5.65. The van der Waals surface area contributed by atoms with E-state index < -0.39 is 11.2 Å². The molecule has 1 amide bonds. The second kappa shape index (κ2) is 6.78. The number of hydrogen-bond donors (Lipinski definition) is 2. The van der Waals surface area contributed by atoms with Gasteiger partial charge in [0.25, 0.3) is 0 Å². The summed E-state index contributed by atoms with van der Waals surface area (Å²) in [4.78, 5) is 11.7. The van der Waals surface area contributed by atoms with Crippen molar-refractivity contribution in [1.82, 2.24) is 10.9 Å². The van der Waals surface area contributed by atoms with Crippen molar-refractivity contribution in [3.05, 3.63) is 29.8 Å². The molecule has 20 heavy (non-hydrogen) atoms. The van der Waals surface area contributed by atoms with Crippen LogP contribution in [-0.2, 0) is 16.0 Å². The average Bonchev–Trinajstić information content (AvgIpc) is 2.46. The molecule has 1 saturated heterocycles. The Morgan fingerprint density at radius 2 is 2.30 bits per heavy atom. The van der Waals surface area contributed by atoms with Gasteiger partial charge in [0, 0.05) is 18.0 Å². The van der Waals surface area contributed by atoms with Gasteiger partial charge in [-0.15, -0.1) is 0 Å². The van der Waals surface area contributed by atoms with Crippen molar-refractivity contribution in [2.75, 3.05) is 13.4 Å². The molecule has 2 N–H and O–H groups in total. The highest BCUT2D eigenvalue weighted by molar-refractivity contribution is 7.90. The molecule has 2 unspecified atom stereocenters. The number of hydrogen-bond acceptors (Lipinski definition) is 4. The van der Waals surface area contributed by atoms with Gasteiger partial charge < -0.3 is 9.29 Å². The lowest BCUT2D eigenvalue weighted by Gasteiger charge is -2.21. The molecule has 1 heterocycles. The van der Waals surface area contributed by atoms with Crippen molar-refractivity contribution in [1.29, 1.82) is 0 Å². The number of methoxy groups -OCH3 is 1. The third kappa shape index (κ3) is 3.53. The molecule has 0 radical (unpaired) electrons. The van der Waals surface area contributed by atoms with Gasteiger partial charge in [-0.25, -0.2) is 5.43 Å². The van der Waals surface area contributed by atoms with E-state index in [2.05, 4.69) is 10.9 Å². The lowest BCUT2D eigenvalue weighted by molar-refractivity contribution is -0.123. The van der Waals surface area contributed by atoms with E-state index in [0.29, 0.717) is 17.1 Å². The molecule has 1 aromatic rings. The molecule has 5 nitrogen and oxygen atoms in total. The van der Waals surface area contributed by atoms with Gasteiger partial charge in [-0.3, -0.25) is 10.2 Å². The second-order valence-electron chi connectivity index (χ2n) is 4.53. The van der Waals surface area contributed by atoms with E-state index in [1.807, 2.05) is 24.3 Å². The fraction of sp³-hybridized carbons (Fsp3) is 0.357. The molecule has 0 aromatic heterocycles. The van der Waals surface area contributed by atoms with E-state index in [1.165, 1.54) is 0 Å². The van der Waals surface area contributed by atoms with Crippen LogP contribution >= 0.6 is 0 Å². The van der Waals surface area contributed by atoms with Crippen LogP contribution in [0.4, 0.5) is 0 Å². The molecular weight excluding hydrogens is 276 g/mol. The standard InChI is InChI=1S/C14H18N2O3S/c1-19-12-5-3-4-10(14(12)20(2)18)6-7-11-8-9-13(17)16-15-11/h3-7,11,15H,8-9H2,1-2H3,(H,16,17)/b7-6+. The van der Waals surface area contributed by atoms with Crippen LogP contribution in [0.25, 0.3) is 6.08 Å². The number of amides is 1. The first-order valence-electron chi connectivity index (χ1n) is 6.35. The maximum Gasteiger partial charge on any atom is 0.234 e. The van der Waals surface area contributed by atoms with Crippen molar-refractivity contribution >= 4 is 23.2 Å². The van der Waals surface area contributed by atoms with Gasteiger partial charge in [0.1, 0.15) is 6.26 Å². The molecule has 0 bridgehead atoms. The Hall–Kier alpha value is -1.50. The van der Waals surface area contributed by atoms with Crippen LogP contribution in [0, 0.1) is 0 Å². The van der Waals surface area contributed by atoms with Crippen LogP contribution < -0.4 is 15.6 Å². The van der Waals surface area contributed by atoms with Gasteiger partial charge >= 0.3 is 0 Å². The molecule has 1 aliphatic heterocycles. The van der Waals surface area contributed by atoms with Gasteiger partial charge in [-0.2, -0.15) is 0 Å². The summed E-state index contributed by atoms with van der Waals surface area (Å²) in [6.45, 7) is 0. The summed E-state index contributed by atoms with van der Waals surface area (Å²) in [5.41, 5.74) is 6.39. The lowest BCUT2D eigenvalue weighted by Crippen LogP contribution is -2.48. The third-order valence-corrected chi connectivity index (χ3v) is 4.12. The van der Waals surface area contributed by atoms with Crippen LogP contribution in [0.1, 0.15) is 18.4 Å². The summed E-state index contributed by atoms with van der Waals surface area (Å²) in [5.74, 6) is 0.629. The van der Waals surface area contributed by atoms with Crippen LogP contribution in [-0.4, -0.2) is 29.9 Å². The Labute approximate surface area is 121 Å². The smallest absolute Gasteiger partial charge is 0.234 e. The molecular formula is C14H18N2O3S. The molecule has 1 aliphatic rings. The highest BCUT2D eigenvalue weighted by Gasteiger charge is 2.18. The zero-order valence-corrected chi connectivity index (χ0v) is 12.3. The molecule has 1 aromatic carbocycles. The lowest BCUT2D eigenvalue weighted by atomic mass is 10.1. The molecule has 1 fully saturated rings. The molecule has 0 spiro atoms. The Bertz CT molecular complexity index is 507. The minimum absolute atomic E-state index is 0.00591. The number of hydrazine groups is 1. The van der Waals surface area contributed by atoms with Gasteiger partial charge in [0.15, 0.2) is 5.75 Å². The van der Waals surface area contributed by atoms with E-state index in [4.69, 9.17) is 4.74 Å². The van der Waals surface area contributed by atoms with Gasteiger partial charge in [0.2, 0.25) is 10.8 Å². The Morgan fingerprint density at radius 3 is 2.90 bits per heavy atom. The number of nitrogens with one attached hydrogen (secondary N) is 2. The van der Waals surface area contributed by atoms with Crippen molar-refractivity contribution in [3.8, 4) is 5.75 Å². The SMILES string of the molecule is COc1cccc(/C=C/C2CCC(=O)NN2)c1[S+](C)[O-]. The Balaban J connectivity index is 2.18. The monoisotopic (exact) mass is 294 g/mol. The summed E-state index contributed by atoms with van der Waals surface area (Å²) < 4.78 is 17.1.